The lowest BCUT2D eigenvalue weighted by Gasteiger charge is -2.16. The summed E-state index contributed by atoms with van der Waals surface area (Å²) in [7, 11) is 1.15. The molecule has 0 saturated heterocycles. The number of halogens is 1. The molecular weight excluding hydrogens is 165 g/mol. The van der Waals surface area contributed by atoms with Crippen LogP contribution in [0, 0.1) is 0 Å². The molecule has 1 amide bonds. The van der Waals surface area contributed by atoms with Crippen LogP contribution in [0.5, 0.6) is 0 Å². The van der Waals surface area contributed by atoms with Crippen LogP contribution < -0.4 is 0 Å². The fourth-order valence-electron chi connectivity index (χ4n) is 0.630. The molecule has 0 spiro atoms. The van der Waals surface area contributed by atoms with E-state index in [0.29, 0.717) is 6.29 Å². The van der Waals surface area contributed by atoms with Gasteiger partial charge in [-0.1, -0.05) is 6.58 Å². The summed E-state index contributed by atoms with van der Waals surface area (Å²) in [6, 6.07) is 0. The molecule has 5 heteroatoms. The quantitative estimate of drug-likeness (QED) is 0.592. The molecule has 0 aromatic heterocycles. The Kier molecular flexibility index (Phi) is 4.67. The van der Waals surface area contributed by atoms with Gasteiger partial charge in [-0.3, -0.25) is 4.90 Å². The molecule has 0 N–H and O–H groups in total. The third kappa shape index (κ3) is 3.70. The summed E-state index contributed by atoms with van der Waals surface area (Å²) in [6.45, 7) is 2.45. The number of ether oxygens (including phenoxy) is 1. The third-order valence-corrected chi connectivity index (χ3v) is 1.09. The average molecular weight is 175 g/mol. The fraction of sp³-hybridized carbons (Fsp3) is 0.429. The first kappa shape index (κ1) is 10.6. The van der Waals surface area contributed by atoms with Gasteiger partial charge in [-0.05, 0) is 0 Å². The molecule has 12 heavy (non-hydrogen) atoms. The number of carbonyl (C=O) groups excluding carboxylic acids is 2. The Morgan fingerprint density at radius 2 is 2.33 bits per heavy atom. The minimum absolute atomic E-state index is 0.199. The summed E-state index contributed by atoms with van der Waals surface area (Å²) in [4.78, 5) is 21.7. The van der Waals surface area contributed by atoms with Crippen molar-refractivity contribution < 1.29 is 18.7 Å². The van der Waals surface area contributed by atoms with E-state index in [1.54, 1.807) is 0 Å². The molecule has 0 atom stereocenters. The molecule has 0 heterocycles. The molecule has 0 rings (SSSR count). The summed E-state index contributed by atoms with van der Waals surface area (Å²) >= 11 is 0. The zero-order chi connectivity index (χ0) is 9.56. The zero-order valence-corrected chi connectivity index (χ0v) is 6.75. The molecule has 0 aromatic rings. The van der Waals surface area contributed by atoms with Crippen molar-refractivity contribution in [3.63, 3.8) is 0 Å². The van der Waals surface area contributed by atoms with Gasteiger partial charge in [0.2, 0.25) is 0 Å². The number of carbonyl (C=O) groups is 2. The molecule has 0 bridgehead atoms. The Morgan fingerprint density at radius 1 is 1.75 bits per heavy atom. The topological polar surface area (TPSA) is 46.6 Å². The van der Waals surface area contributed by atoms with Gasteiger partial charge in [-0.15, -0.1) is 0 Å². The molecule has 0 aliphatic rings. The highest BCUT2D eigenvalue weighted by Crippen LogP contribution is 1.98. The number of hydrogen-bond donors (Lipinski definition) is 0. The normalized spacial score (nSPS) is 8.83. The van der Waals surface area contributed by atoms with Crippen LogP contribution in [0.1, 0.15) is 0 Å². The Labute approximate surface area is 69.6 Å². The van der Waals surface area contributed by atoms with Crippen molar-refractivity contribution in [2.45, 2.75) is 0 Å². The van der Waals surface area contributed by atoms with Crippen LogP contribution in [-0.2, 0) is 9.53 Å². The molecule has 68 valence electrons. The van der Waals surface area contributed by atoms with Crippen molar-refractivity contribution in [1.82, 2.24) is 4.90 Å². The monoisotopic (exact) mass is 175 g/mol. The van der Waals surface area contributed by atoms with Crippen LogP contribution >= 0.6 is 0 Å². The van der Waals surface area contributed by atoms with Crippen LogP contribution in [0.15, 0.2) is 12.4 Å². The van der Waals surface area contributed by atoms with Crippen LogP contribution in [0.3, 0.4) is 0 Å². The Bertz CT molecular complexity index is 193. The molecule has 0 fully saturated rings. The predicted octanol–water partition coefficient (Wildman–Crippen LogP) is 0.737. The second-order valence-corrected chi connectivity index (χ2v) is 2.03. The van der Waals surface area contributed by atoms with Gasteiger partial charge >= 0.3 is 6.09 Å². The molecular formula is C7H10FNO3. The summed E-state index contributed by atoms with van der Waals surface area (Å²) in [6.07, 6.45) is -0.263. The van der Waals surface area contributed by atoms with Crippen LogP contribution in [-0.4, -0.2) is 37.5 Å². The maximum atomic E-state index is 12.2. The van der Waals surface area contributed by atoms with E-state index >= 15 is 0 Å². The van der Waals surface area contributed by atoms with Crippen molar-refractivity contribution in [3.8, 4) is 0 Å². The molecule has 0 aliphatic carbocycles. The van der Waals surface area contributed by atoms with Crippen molar-refractivity contribution in [3.05, 3.63) is 12.4 Å². The highest BCUT2D eigenvalue weighted by atomic mass is 19.1. The van der Waals surface area contributed by atoms with Gasteiger partial charge in [0.15, 0.2) is 0 Å². The van der Waals surface area contributed by atoms with Crippen molar-refractivity contribution >= 4 is 12.4 Å². The smallest absolute Gasteiger partial charge is 0.410 e. The van der Waals surface area contributed by atoms with Gasteiger partial charge in [0.1, 0.15) is 12.1 Å². The Balaban J connectivity index is 4.11. The molecule has 0 saturated carbocycles. The lowest BCUT2D eigenvalue weighted by Crippen LogP contribution is -2.33. The fourth-order valence-corrected chi connectivity index (χ4v) is 0.630. The van der Waals surface area contributed by atoms with E-state index in [4.69, 9.17) is 0 Å². The summed E-state index contributed by atoms with van der Waals surface area (Å²) in [5.41, 5.74) is 0. The van der Waals surface area contributed by atoms with E-state index in [2.05, 4.69) is 11.3 Å². The van der Waals surface area contributed by atoms with Gasteiger partial charge in [-0.2, -0.15) is 0 Å². The number of aldehydes is 1. The third-order valence-electron chi connectivity index (χ3n) is 1.09. The van der Waals surface area contributed by atoms with Crippen LogP contribution in [0.25, 0.3) is 0 Å². The van der Waals surface area contributed by atoms with E-state index in [0.717, 1.165) is 12.0 Å². The minimum atomic E-state index is -0.749. The van der Waals surface area contributed by atoms with Crippen molar-refractivity contribution in [1.29, 1.82) is 0 Å². The van der Waals surface area contributed by atoms with Gasteiger partial charge in [0.25, 0.3) is 0 Å². The molecule has 0 unspecified atom stereocenters. The number of rotatable bonds is 4. The SMILES string of the molecule is C=C(F)CN(CC=O)C(=O)OC. The van der Waals surface area contributed by atoms with E-state index < -0.39 is 11.9 Å². The van der Waals surface area contributed by atoms with E-state index in [-0.39, 0.29) is 13.1 Å². The minimum Gasteiger partial charge on any atom is -0.453 e. The number of amides is 1. The van der Waals surface area contributed by atoms with Gasteiger partial charge in [0.05, 0.1) is 20.2 Å². The molecule has 0 radical (unpaired) electrons. The Hall–Kier alpha value is -1.39. The lowest BCUT2D eigenvalue weighted by molar-refractivity contribution is -0.108. The van der Waals surface area contributed by atoms with E-state index in [1.165, 1.54) is 0 Å². The van der Waals surface area contributed by atoms with Crippen molar-refractivity contribution in [2.75, 3.05) is 20.2 Å². The number of methoxy groups -OCH3 is 1. The number of hydrogen-bond acceptors (Lipinski definition) is 3. The van der Waals surface area contributed by atoms with E-state index in [9.17, 15) is 14.0 Å². The molecule has 4 nitrogen and oxygen atoms in total. The van der Waals surface area contributed by atoms with Crippen molar-refractivity contribution in [2.24, 2.45) is 0 Å². The maximum Gasteiger partial charge on any atom is 0.410 e. The summed E-state index contributed by atoms with van der Waals surface area (Å²) < 4.78 is 16.5. The lowest BCUT2D eigenvalue weighted by atomic mass is 10.5. The predicted molar refractivity (Wildman–Crippen MR) is 40.3 cm³/mol. The van der Waals surface area contributed by atoms with Crippen LogP contribution in [0.4, 0.5) is 9.18 Å². The second kappa shape index (κ2) is 5.29. The zero-order valence-electron chi connectivity index (χ0n) is 6.75. The van der Waals surface area contributed by atoms with Gasteiger partial charge < -0.3 is 9.53 Å². The number of nitrogens with zero attached hydrogens (tertiary/aromatic N) is 1. The largest absolute Gasteiger partial charge is 0.453 e. The van der Waals surface area contributed by atoms with E-state index in [1.807, 2.05) is 0 Å². The first-order valence-electron chi connectivity index (χ1n) is 3.21. The van der Waals surface area contributed by atoms with Crippen LogP contribution in [0.2, 0.25) is 0 Å². The highest BCUT2D eigenvalue weighted by molar-refractivity contribution is 5.71. The summed E-state index contributed by atoms with van der Waals surface area (Å²) in [5.74, 6) is -0.692. The molecule has 0 aliphatic heterocycles. The molecule has 0 aromatic carbocycles. The average Bonchev–Trinajstić information content (AvgIpc) is 2.01. The first-order chi connectivity index (χ1) is 5.61. The van der Waals surface area contributed by atoms with Gasteiger partial charge in [-0.25, -0.2) is 9.18 Å². The first-order valence-corrected chi connectivity index (χ1v) is 3.21. The standard InChI is InChI=1S/C7H10FNO3/c1-6(8)5-9(3-4-10)7(11)12-2/h4H,1,3,5H2,2H3. The Morgan fingerprint density at radius 3 is 2.67 bits per heavy atom. The maximum absolute atomic E-state index is 12.2. The second-order valence-electron chi connectivity index (χ2n) is 2.03. The highest BCUT2D eigenvalue weighted by Gasteiger charge is 2.13. The summed E-state index contributed by atoms with van der Waals surface area (Å²) in [5, 5.41) is 0. The van der Waals surface area contributed by atoms with Gasteiger partial charge in [0, 0.05) is 0 Å².